The second-order valence-corrected chi connectivity index (χ2v) is 3.34. The molecule has 11 heavy (non-hydrogen) atoms. The Balaban J connectivity index is 2.96. The number of nitrogens with zero attached hydrogens (tertiary/aromatic N) is 1. The van der Waals surface area contributed by atoms with Crippen molar-refractivity contribution in [3.05, 3.63) is 28.0 Å². The van der Waals surface area contributed by atoms with Crippen molar-refractivity contribution in [3.8, 4) is 0 Å². The lowest BCUT2D eigenvalue weighted by molar-refractivity contribution is 0.633. The van der Waals surface area contributed by atoms with E-state index in [2.05, 4.69) is 32.6 Å². The van der Waals surface area contributed by atoms with Gasteiger partial charge in [-0.1, -0.05) is 0 Å². The fraction of sp³-hybridized carbons (Fsp3) is 0. The van der Waals surface area contributed by atoms with Gasteiger partial charge in [-0.05, 0) is 22.6 Å². The predicted molar refractivity (Wildman–Crippen MR) is 48.8 cm³/mol. The van der Waals surface area contributed by atoms with E-state index in [0.717, 1.165) is 9.09 Å². The molecule has 0 spiro atoms. The van der Waals surface area contributed by atoms with Gasteiger partial charge in [0.25, 0.3) is 0 Å². The highest BCUT2D eigenvalue weighted by molar-refractivity contribution is 14.1. The minimum atomic E-state index is -0.270. The summed E-state index contributed by atoms with van der Waals surface area (Å²) in [6.07, 6.45) is 4.59. The van der Waals surface area contributed by atoms with Crippen LogP contribution >= 0.6 is 22.6 Å². The predicted octanol–water partition coefficient (Wildman–Crippen LogP) is 2.31. The Kier molecular flexibility index (Phi) is 1.56. The van der Waals surface area contributed by atoms with Gasteiger partial charge in [0, 0.05) is 9.77 Å². The summed E-state index contributed by atoms with van der Waals surface area (Å²) in [5, 5.41) is 0.626. The van der Waals surface area contributed by atoms with Crippen molar-refractivity contribution in [1.29, 1.82) is 0 Å². The smallest absolute Gasteiger partial charge is 0.151 e. The normalized spacial score (nSPS) is 10.7. The zero-order chi connectivity index (χ0) is 7.84. The molecule has 0 amide bonds. The van der Waals surface area contributed by atoms with Gasteiger partial charge in [0.15, 0.2) is 5.82 Å². The van der Waals surface area contributed by atoms with Crippen molar-refractivity contribution in [1.82, 2.24) is 9.97 Å². The summed E-state index contributed by atoms with van der Waals surface area (Å²) in [6.45, 7) is 0. The number of aromatic amines is 1. The molecule has 0 unspecified atom stereocenters. The van der Waals surface area contributed by atoms with Gasteiger partial charge in [0.1, 0.15) is 0 Å². The first-order valence-corrected chi connectivity index (χ1v) is 4.13. The number of aromatic nitrogens is 2. The first-order chi connectivity index (χ1) is 5.29. The lowest BCUT2D eigenvalue weighted by Crippen LogP contribution is -1.79. The second kappa shape index (κ2) is 2.44. The highest BCUT2D eigenvalue weighted by Crippen LogP contribution is 2.21. The standard InChI is InChI=1S/C7H4FIN2/c8-4-1-10-3-6-7(4)5(9)2-11-6/h1-3,11H. The van der Waals surface area contributed by atoms with Crippen LogP contribution in [-0.2, 0) is 0 Å². The molecule has 0 saturated heterocycles. The molecule has 2 rings (SSSR count). The average molecular weight is 262 g/mol. The summed E-state index contributed by atoms with van der Waals surface area (Å²) in [5.74, 6) is -0.270. The maximum absolute atomic E-state index is 13.0. The van der Waals surface area contributed by atoms with Crippen LogP contribution in [0.3, 0.4) is 0 Å². The molecule has 2 aromatic heterocycles. The van der Waals surface area contributed by atoms with Crippen LogP contribution in [0.25, 0.3) is 10.9 Å². The van der Waals surface area contributed by atoms with E-state index in [0.29, 0.717) is 5.39 Å². The quantitative estimate of drug-likeness (QED) is 0.725. The molecular formula is C7H4FIN2. The molecule has 0 aliphatic heterocycles. The number of nitrogens with one attached hydrogen (secondary N) is 1. The molecule has 2 aromatic rings. The van der Waals surface area contributed by atoms with E-state index in [4.69, 9.17) is 0 Å². The van der Waals surface area contributed by atoms with Gasteiger partial charge in [-0.2, -0.15) is 0 Å². The Bertz CT molecular complexity index is 396. The largest absolute Gasteiger partial charge is 0.359 e. The molecular weight excluding hydrogens is 258 g/mol. The minimum Gasteiger partial charge on any atom is -0.359 e. The third kappa shape index (κ3) is 1.01. The van der Waals surface area contributed by atoms with Crippen molar-refractivity contribution < 1.29 is 4.39 Å². The van der Waals surface area contributed by atoms with Gasteiger partial charge in [0.2, 0.25) is 0 Å². The van der Waals surface area contributed by atoms with Gasteiger partial charge in [-0.3, -0.25) is 4.98 Å². The summed E-state index contributed by atoms with van der Waals surface area (Å²) in [7, 11) is 0. The molecule has 4 heteroatoms. The SMILES string of the molecule is Fc1cncc2[nH]cc(I)c12. The molecule has 0 radical (unpaired) electrons. The third-order valence-electron chi connectivity index (χ3n) is 1.49. The number of fused-ring (bicyclic) bond motifs is 1. The Labute approximate surface area is 76.0 Å². The van der Waals surface area contributed by atoms with Crippen LogP contribution in [0.2, 0.25) is 0 Å². The zero-order valence-electron chi connectivity index (χ0n) is 5.44. The first kappa shape index (κ1) is 7.02. The summed E-state index contributed by atoms with van der Waals surface area (Å²) < 4.78 is 13.9. The molecule has 0 fully saturated rings. The highest BCUT2D eigenvalue weighted by Gasteiger charge is 2.05. The van der Waals surface area contributed by atoms with E-state index in [9.17, 15) is 4.39 Å². The molecule has 0 saturated carbocycles. The van der Waals surface area contributed by atoms with Gasteiger partial charge in [-0.25, -0.2) is 4.39 Å². The van der Waals surface area contributed by atoms with Crippen molar-refractivity contribution >= 4 is 33.5 Å². The van der Waals surface area contributed by atoms with Crippen molar-refractivity contribution in [3.63, 3.8) is 0 Å². The third-order valence-corrected chi connectivity index (χ3v) is 2.34. The van der Waals surface area contributed by atoms with E-state index in [1.807, 2.05) is 0 Å². The van der Waals surface area contributed by atoms with E-state index in [1.54, 1.807) is 12.4 Å². The summed E-state index contributed by atoms with van der Waals surface area (Å²) in [4.78, 5) is 6.63. The maximum Gasteiger partial charge on any atom is 0.151 e. The topological polar surface area (TPSA) is 28.7 Å². The van der Waals surface area contributed by atoms with Crippen LogP contribution in [0.1, 0.15) is 0 Å². The number of hydrogen-bond donors (Lipinski definition) is 1. The van der Waals surface area contributed by atoms with Crippen LogP contribution in [-0.4, -0.2) is 9.97 Å². The first-order valence-electron chi connectivity index (χ1n) is 3.05. The zero-order valence-corrected chi connectivity index (χ0v) is 7.59. The number of hydrogen-bond acceptors (Lipinski definition) is 1. The van der Waals surface area contributed by atoms with Crippen LogP contribution in [0.4, 0.5) is 4.39 Å². The molecule has 0 bridgehead atoms. The summed E-state index contributed by atoms with van der Waals surface area (Å²) in [6, 6.07) is 0. The van der Waals surface area contributed by atoms with E-state index in [1.165, 1.54) is 6.20 Å². The lowest BCUT2D eigenvalue weighted by Gasteiger charge is -1.90. The number of rotatable bonds is 0. The van der Waals surface area contributed by atoms with Crippen LogP contribution < -0.4 is 0 Å². The molecule has 56 valence electrons. The monoisotopic (exact) mass is 262 g/mol. The summed E-state index contributed by atoms with van der Waals surface area (Å²) in [5.41, 5.74) is 0.745. The van der Waals surface area contributed by atoms with Gasteiger partial charge in [0.05, 0.1) is 23.3 Å². The van der Waals surface area contributed by atoms with Gasteiger partial charge < -0.3 is 4.98 Å². The lowest BCUT2D eigenvalue weighted by atomic mass is 10.3. The van der Waals surface area contributed by atoms with Crippen LogP contribution in [0, 0.1) is 9.39 Å². The Hall–Kier alpha value is -0.650. The molecule has 0 aromatic carbocycles. The Morgan fingerprint density at radius 1 is 1.45 bits per heavy atom. The minimum absolute atomic E-state index is 0.270. The molecule has 2 heterocycles. The van der Waals surface area contributed by atoms with Crippen LogP contribution in [0.15, 0.2) is 18.6 Å². The molecule has 0 aliphatic carbocycles. The van der Waals surface area contributed by atoms with Crippen molar-refractivity contribution in [2.24, 2.45) is 0 Å². The summed E-state index contributed by atoms with van der Waals surface area (Å²) >= 11 is 2.08. The molecule has 0 atom stereocenters. The molecule has 1 N–H and O–H groups in total. The van der Waals surface area contributed by atoms with E-state index >= 15 is 0 Å². The Morgan fingerprint density at radius 3 is 3.00 bits per heavy atom. The van der Waals surface area contributed by atoms with Crippen molar-refractivity contribution in [2.45, 2.75) is 0 Å². The van der Waals surface area contributed by atoms with Crippen LogP contribution in [0.5, 0.6) is 0 Å². The van der Waals surface area contributed by atoms with Gasteiger partial charge in [-0.15, -0.1) is 0 Å². The highest BCUT2D eigenvalue weighted by atomic mass is 127. The van der Waals surface area contributed by atoms with Gasteiger partial charge >= 0.3 is 0 Å². The van der Waals surface area contributed by atoms with Crippen molar-refractivity contribution in [2.75, 3.05) is 0 Å². The van der Waals surface area contributed by atoms with E-state index in [-0.39, 0.29) is 5.82 Å². The maximum atomic E-state index is 13.0. The molecule has 0 aliphatic rings. The fourth-order valence-corrected chi connectivity index (χ4v) is 1.70. The average Bonchev–Trinajstić information content (AvgIpc) is 2.34. The Morgan fingerprint density at radius 2 is 2.27 bits per heavy atom. The second-order valence-electron chi connectivity index (χ2n) is 2.18. The van der Waals surface area contributed by atoms with E-state index < -0.39 is 0 Å². The molecule has 2 nitrogen and oxygen atoms in total. The fourth-order valence-electron chi connectivity index (χ4n) is 1.00. The number of H-pyrrole nitrogens is 1. The number of pyridine rings is 1. The number of halogens is 2.